The van der Waals surface area contributed by atoms with E-state index in [-0.39, 0.29) is 16.4 Å². The zero-order valence-corrected chi connectivity index (χ0v) is 9.64. The summed E-state index contributed by atoms with van der Waals surface area (Å²) < 4.78 is 38.2. The molecule has 0 saturated carbocycles. The molecule has 0 aliphatic rings. The molecule has 92 valence electrons. The highest BCUT2D eigenvalue weighted by Gasteiger charge is 2.33. The minimum atomic E-state index is -4.45. The van der Waals surface area contributed by atoms with Gasteiger partial charge in [-0.1, -0.05) is 12.1 Å². The predicted octanol–water partition coefficient (Wildman–Crippen LogP) is 3.78. The number of benzene rings is 1. The second kappa shape index (κ2) is 4.66. The average molecular weight is 269 g/mol. The Hall–Kier alpha value is -2.07. The van der Waals surface area contributed by atoms with E-state index in [2.05, 4.69) is 10.3 Å². The van der Waals surface area contributed by atoms with Gasteiger partial charge in [-0.15, -0.1) is 11.3 Å². The average Bonchev–Trinajstić information content (AvgIpc) is 2.75. The lowest BCUT2D eigenvalue weighted by atomic mass is 10.1. The van der Waals surface area contributed by atoms with Crippen LogP contribution in [-0.2, 0) is 6.18 Å². The summed E-state index contributed by atoms with van der Waals surface area (Å²) in [5.74, 6) is 0.138. The molecule has 0 spiro atoms. The Morgan fingerprint density at radius 2 is 2.00 bits per heavy atom. The van der Waals surface area contributed by atoms with Crippen LogP contribution < -0.4 is 5.32 Å². The maximum absolute atomic E-state index is 12.7. The largest absolute Gasteiger partial charge is 0.418 e. The molecule has 0 bridgehead atoms. The third-order valence-electron chi connectivity index (χ3n) is 2.15. The van der Waals surface area contributed by atoms with Crippen LogP contribution in [0.1, 0.15) is 10.4 Å². The number of para-hydroxylation sites is 1. The molecule has 18 heavy (non-hydrogen) atoms. The SMILES string of the molecule is N#Cc1scnc1Nc1ccccc1C(F)(F)F. The van der Waals surface area contributed by atoms with Crippen LogP contribution in [0.3, 0.4) is 0 Å². The molecular weight excluding hydrogens is 263 g/mol. The van der Waals surface area contributed by atoms with E-state index >= 15 is 0 Å². The van der Waals surface area contributed by atoms with Crippen molar-refractivity contribution < 1.29 is 13.2 Å². The number of anilines is 2. The number of halogens is 3. The van der Waals surface area contributed by atoms with E-state index in [4.69, 9.17) is 5.26 Å². The molecule has 0 amide bonds. The van der Waals surface area contributed by atoms with Gasteiger partial charge in [0.1, 0.15) is 10.9 Å². The van der Waals surface area contributed by atoms with Gasteiger partial charge in [-0.3, -0.25) is 0 Å². The Kier molecular flexibility index (Phi) is 3.21. The first-order valence-electron chi connectivity index (χ1n) is 4.79. The fourth-order valence-corrected chi connectivity index (χ4v) is 1.91. The standard InChI is InChI=1S/C11H6F3N3S/c12-11(13,14)7-3-1-2-4-8(7)17-10-9(5-15)18-6-16-10/h1-4,6,17H. The maximum atomic E-state index is 12.7. The van der Waals surface area contributed by atoms with Crippen LogP contribution in [0.15, 0.2) is 29.8 Å². The van der Waals surface area contributed by atoms with Crippen molar-refractivity contribution in [1.82, 2.24) is 4.98 Å². The molecule has 2 aromatic rings. The zero-order valence-electron chi connectivity index (χ0n) is 8.82. The predicted molar refractivity (Wildman–Crippen MR) is 61.6 cm³/mol. The Balaban J connectivity index is 2.39. The van der Waals surface area contributed by atoms with Crippen LogP contribution in [0.5, 0.6) is 0 Å². The summed E-state index contributed by atoms with van der Waals surface area (Å²) in [7, 11) is 0. The van der Waals surface area contributed by atoms with Gasteiger partial charge < -0.3 is 5.32 Å². The molecule has 0 fully saturated rings. The van der Waals surface area contributed by atoms with Gasteiger partial charge in [-0.25, -0.2) is 4.98 Å². The number of nitrogens with zero attached hydrogens (tertiary/aromatic N) is 2. The second-order valence-electron chi connectivity index (χ2n) is 3.31. The summed E-state index contributed by atoms with van der Waals surface area (Å²) in [6.45, 7) is 0. The Morgan fingerprint density at radius 3 is 2.67 bits per heavy atom. The van der Waals surface area contributed by atoms with Crippen molar-refractivity contribution in [2.24, 2.45) is 0 Å². The van der Waals surface area contributed by atoms with Crippen molar-refractivity contribution in [3.05, 3.63) is 40.2 Å². The van der Waals surface area contributed by atoms with Gasteiger partial charge in [-0.05, 0) is 12.1 Å². The molecule has 1 aromatic heterocycles. The topological polar surface area (TPSA) is 48.7 Å². The molecule has 1 heterocycles. The quantitative estimate of drug-likeness (QED) is 0.902. The normalized spacial score (nSPS) is 11.0. The highest BCUT2D eigenvalue weighted by atomic mass is 32.1. The number of hydrogen-bond donors (Lipinski definition) is 1. The summed E-state index contributed by atoms with van der Waals surface area (Å²) >= 11 is 1.07. The molecule has 0 unspecified atom stereocenters. The van der Waals surface area contributed by atoms with Gasteiger partial charge in [0.05, 0.1) is 16.8 Å². The molecule has 1 N–H and O–H groups in total. The fraction of sp³-hybridized carbons (Fsp3) is 0.0909. The van der Waals surface area contributed by atoms with E-state index in [0.29, 0.717) is 0 Å². The molecule has 0 radical (unpaired) electrons. The lowest BCUT2D eigenvalue weighted by molar-refractivity contribution is -0.136. The van der Waals surface area contributed by atoms with Crippen molar-refractivity contribution in [2.45, 2.75) is 6.18 Å². The zero-order chi connectivity index (χ0) is 13.2. The van der Waals surface area contributed by atoms with Crippen LogP contribution in [0.4, 0.5) is 24.7 Å². The number of nitriles is 1. The van der Waals surface area contributed by atoms with Crippen LogP contribution in [-0.4, -0.2) is 4.98 Å². The molecular formula is C11H6F3N3S. The van der Waals surface area contributed by atoms with E-state index in [1.165, 1.54) is 23.7 Å². The van der Waals surface area contributed by atoms with Gasteiger partial charge >= 0.3 is 6.18 Å². The molecule has 3 nitrogen and oxygen atoms in total. The summed E-state index contributed by atoms with van der Waals surface area (Å²) in [6, 6.07) is 6.92. The van der Waals surface area contributed by atoms with Crippen LogP contribution in [0.2, 0.25) is 0 Å². The second-order valence-corrected chi connectivity index (χ2v) is 4.17. The number of hydrogen-bond acceptors (Lipinski definition) is 4. The van der Waals surface area contributed by atoms with Gasteiger partial charge in [0, 0.05) is 0 Å². The third kappa shape index (κ3) is 2.43. The summed E-state index contributed by atoms with van der Waals surface area (Å²) in [5, 5.41) is 11.3. The molecule has 0 aliphatic carbocycles. The van der Waals surface area contributed by atoms with Crippen molar-refractivity contribution in [1.29, 1.82) is 5.26 Å². The van der Waals surface area contributed by atoms with Crippen molar-refractivity contribution >= 4 is 22.8 Å². The first kappa shape index (κ1) is 12.4. The molecule has 0 saturated heterocycles. The lowest BCUT2D eigenvalue weighted by Gasteiger charge is -2.13. The number of aromatic nitrogens is 1. The molecule has 1 aromatic carbocycles. The molecule has 7 heteroatoms. The van der Waals surface area contributed by atoms with Gasteiger partial charge in [-0.2, -0.15) is 18.4 Å². The number of rotatable bonds is 2. The van der Waals surface area contributed by atoms with E-state index in [1.54, 1.807) is 0 Å². The van der Waals surface area contributed by atoms with Crippen molar-refractivity contribution in [2.75, 3.05) is 5.32 Å². The highest BCUT2D eigenvalue weighted by Crippen LogP contribution is 2.36. The minimum absolute atomic E-state index is 0.118. The number of nitrogens with one attached hydrogen (secondary N) is 1. The molecule has 0 atom stereocenters. The smallest absolute Gasteiger partial charge is 0.338 e. The first-order chi connectivity index (χ1) is 8.52. The van der Waals surface area contributed by atoms with Gasteiger partial charge in [0.25, 0.3) is 0 Å². The van der Waals surface area contributed by atoms with Crippen LogP contribution in [0, 0.1) is 11.3 Å². The fourth-order valence-electron chi connectivity index (χ4n) is 1.38. The molecule has 2 rings (SSSR count). The minimum Gasteiger partial charge on any atom is -0.338 e. The van der Waals surface area contributed by atoms with Crippen molar-refractivity contribution in [3.63, 3.8) is 0 Å². The van der Waals surface area contributed by atoms with E-state index < -0.39 is 11.7 Å². The van der Waals surface area contributed by atoms with Crippen LogP contribution in [0.25, 0.3) is 0 Å². The first-order valence-corrected chi connectivity index (χ1v) is 5.67. The van der Waals surface area contributed by atoms with Crippen LogP contribution >= 0.6 is 11.3 Å². The summed E-state index contributed by atoms with van der Waals surface area (Å²) in [5.41, 5.74) is 0.492. The van der Waals surface area contributed by atoms with E-state index in [9.17, 15) is 13.2 Å². The van der Waals surface area contributed by atoms with Crippen molar-refractivity contribution in [3.8, 4) is 6.07 Å². The number of alkyl halides is 3. The summed E-state index contributed by atoms with van der Waals surface area (Å²) in [6.07, 6.45) is -4.45. The highest BCUT2D eigenvalue weighted by molar-refractivity contribution is 7.10. The summed E-state index contributed by atoms with van der Waals surface area (Å²) in [4.78, 5) is 4.07. The third-order valence-corrected chi connectivity index (χ3v) is 2.89. The Labute approximate surface area is 105 Å². The van der Waals surface area contributed by atoms with Gasteiger partial charge in [0.15, 0.2) is 5.82 Å². The number of thiazole rings is 1. The van der Waals surface area contributed by atoms with E-state index in [1.807, 2.05) is 6.07 Å². The van der Waals surface area contributed by atoms with Gasteiger partial charge in [0.2, 0.25) is 0 Å². The maximum Gasteiger partial charge on any atom is 0.418 e. The van der Waals surface area contributed by atoms with E-state index in [0.717, 1.165) is 17.4 Å². The Bertz CT molecular complexity index is 598. The molecule has 0 aliphatic heterocycles. The Morgan fingerprint density at radius 1 is 1.28 bits per heavy atom. The monoisotopic (exact) mass is 269 g/mol. The lowest BCUT2D eigenvalue weighted by Crippen LogP contribution is -2.08.